The summed E-state index contributed by atoms with van der Waals surface area (Å²) >= 11 is 0. The predicted molar refractivity (Wildman–Crippen MR) is 123 cm³/mol. The van der Waals surface area contributed by atoms with Crippen molar-refractivity contribution in [3.05, 3.63) is 69.3 Å². The Morgan fingerprint density at radius 2 is 1.94 bits per heavy atom. The number of carbonyl (C=O) groups is 1. The van der Waals surface area contributed by atoms with Crippen LogP contribution in [0.3, 0.4) is 0 Å². The molecule has 31 heavy (non-hydrogen) atoms. The van der Waals surface area contributed by atoms with Gasteiger partial charge in [0.1, 0.15) is 0 Å². The van der Waals surface area contributed by atoms with Gasteiger partial charge >= 0.3 is 0 Å². The van der Waals surface area contributed by atoms with Crippen LogP contribution in [-0.2, 0) is 16.6 Å². The van der Waals surface area contributed by atoms with Crippen LogP contribution >= 0.6 is 0 Å². The Hall–Kier alpha value is -2.69. The molecule has 4 rings (SSSR count). The van der Waals surface area contributed by atoms with Gasteiger partial charge in [-0.05, 0) is 65.7 Å². The molecule has 2 aliphatic carbocycles. The van der Waals surface area contributed by atoms with Crippen LogP contribution in [0, 0.1) is 21.4 Å². The number of nitro benzene ring substituents is 1. The molecule has 0 heterocycles. The number of amides is 1. The SMILES string of the molecule is CC(C)c1ccc2c(c1)CC[C@H]1[C@](C)(C(=O)Nc3cccc([N+](=O)[O-])c3)CCC[C@]21C. The van der Waals surface area contributed by atoms with Crippen molar-refractivity contribution in [2.45, 2.75) is 71.1 Å². The highest BCUT2D eigenvalue weighted by Crippen LogP contribution is 2.57. The van der Waals surface area contributed by atoms with Crippen molar-refractivity contribution in [3.63, 3.8) is 0 Å². The first kappa shape index (κ1) is 21.5. The minimum Gasteiger partial charge on any atom is -0.325 e. The van der Waals surface area contributed by atoms with Gasteiger partial charge in [-0.2, -0.15) is 0 Å². The van der Waals surface area contributed by atoms with Gasteiger partial charge < -0.3 is 5.32 Å². The largest absolute Gasteiger partial charge is 0.325 e. The second-order valence-electron chi connectivity index (χ2n) is 10.1. The summed E-state index contributed by atoms with van der Waals surface area (Å²) in [6, 6.07) is 13.2. The smallest absolute Gasteiger partial charge is 0.271 e. The number of nitro groups is 1. The van der Waals surface area contributed by atoms with Gasteiger partial charge in [-0.15, -0.1) is 0 Å². The summed E-state index contributed by atoms with van der Waals surface area (Å²) in [5.41, 5.74) is 4.16. The summed E-state index contributed by atoms with van der Waals surface area (Å²) in [7, 11) is 0. The monoisotopic (exact) mass is 420 g/mol. The Morgan fingerprint density at radius 3 is 2.65 bits per heavy atom. The van der Waals surface area contributed by atoms with E-state index in [2.05, 4.69) is 51.2 Å². The third-order valence-corrected chi connectivity index (χ3v) is 7.88. The normalized spacial score (nSPS) is 27.3. The molecule has 1 saturated carbocycles. The molecule has 0 radical (unpaired) electrons. The molecule has 1 fully saturated rings. The summed E-state index contributed by atoms with van der Waals surface area (Å²) in [4.78, 5) is 24.2. The van der Waals surface area contributed by atoms with Gasteiger partial charge in [-0.3, -0.25) is 14.9 Å². The number of carbonyl (C=O) groups excluding carboxylic acids is 1. The lowest BCUT2D eigenvalue weighted by atomic mass is 9.49. The molecule has 3 atom stereocenters. The number of nitrogens with one attached hydrogen (secondary N) is 1. The maximum absolute atomic E-state index is 13.5. The highest BCUT2D eigenvalue weighted by molar-refractivity contribution is 5.95. The van der Waals surface area contributed by atoms with Crippen molar-refractivity contribution in [2.75, 3.05) is 5.32 Å². The fourth-order valence-electron chi connectivity index (χ4n) is 6.11. The zero-order chi connectivity index (χ0) is 22.4. The number of nitrogens with zero attached hydrogens (tertiary/aromatic N) is 1. The Balaban J connectivity index is 1.65. The summed E-state index contributed by atoms with van der Waals surface area (Å²) in [5, 5.41) is 14.1. The van der Waals surface area contributed by atoms with Gasteiger partial charge in [0.15, 0.2) is 0 Å². The van der Waals surface area contributed by atoms with E-state index in [1.54, 1.807) is 12.1 Å². The van der Waals surface area contributed by atoms with Crippen molar-refractivity contribution in [1.29, 1.82) is 0 Å². The Morgan fingerprint density at radius 1 is 1.16 bits per heavy atom. The molecule has 0 aliphatic heterocycles. The molecule has 0 bridgehead atoms. The quantitative estimate of drug-likeness (QED) is 0.461. The molecule has 1 amide bonds. The van der Waals surface area contributed by atoms with Crippen LogP contribution < -0.4 is 5.32 Å². The standard InChI is InChI=1S/C26H32N2O3/c1-17(2)18-9-11-22-19(15-18)10-12-23-25(22,3)13-6-14-26(23,4)24(29)27-20-7-5-8-21(16-20)28(30)31/h5,7-9,11,15-17,23H,6,10,12-14H2,1-4H3,(H,27,29)/t23-,25-,26-/m1/s1. The van der Waals surface area contributed by atoms with Crippen LogP contribution in [0.4, 0.5) is 11.4 Å². The van der Waals surface area contributed by atoms with E-state index in [-0.39, 0.29) is 22.9 Å². The summed E-state index contributed by atoms with van der Waals surface area (Å²) in [5.74, 6) is 0.726. The van der Waals surface area contributed by atoms with Crippen molar-refractivity contribution >= 4 is 17.3 Å². The lowest BCUT2D eigenvalue weighted by Gasteiger charge is -2.54. The molecule has 2 aromatic rings. The third kappa shape index (κ3) is 3.64. The second kappa shape index (κ2) is 7.77. The third-order valence-electron chi connectivity index (χ3n) is 7.88. The van der Waals surface area contributed by atoms with Crippen molar-refractivity contribution in [1.82, 2.24) is 0 Å². The minimum absolute atomic E-state index is 0.0102. The van der Waals surface area contributed by atoms with E-state index >= 15 is 0 Å². The average Bonchev–Trinajstić information content (AvgIpc) is 2.73. The van der Waals surface area contributed by atoms with Gasteiger partial charge in [0, 0.05) is 17.8 Å². The van der Waals surface area contributed by atoms with Crippen molar-refractivity contribution < 1.29 is 9.72 Å². The van der Waals surface area contributed by atoms with Gasteiger partial charge in [-0.25, -0.2) is 0 Å². The summed E-state index contributed by atoms with van der Waals surface area (Å²) in [6.07, 6.45) is 4.91. The Labute approximate surface area is 184 Å². The highest BCUT2D eigenvalue weighted by Gasteiger charge is 2.54. The molecule has 2 aliphatic rings. The molecular formula is C26H32N2O3. The molecule has 0 unspecified atom stereocenters. The lowest BCUT2D eigenvalue weighted by molar-refractivity contribution is -0.384. The minimum atomic E-state index is -0.508. The first-order valence-electron chi connectivity index (χ1n) is 11.3. The van der Waals surface area contributed by atoms with Crippen LogP contribution in [0.15, 0.2) is 42.5 Å². The van der Waals surface area contributed by atoms with E-state index in [0.29, 0.717) is 11.6 Å². The van der Waals surface area contributed by atoms with E-state index in [9.17, 15) is 14.9 Å². The Bertz CT molecular complexity index is 1030. The average molecular weight is 421 g/mol. The van der Waals surface area contributed by atoms with Crippen LogP contribution in [0.1, 0.15) is 76.0 Å². The highest BCUT2D eigenvalue weighted by atomic mass is 16.6. The first-order chi connectivity index (χ1) is 14.6. The number of aryl methyl sites for hydroxylation is 1. The maximum Gasteiger partial charge on any atom is 0.271 e. The fraction of sp³-hybridized carbons (Fsp3) is 0.500. The number of benzene rings is 2. The topological polar surface area (TPSA) is 72.2 Å². The van der Waals surface area contributed by atoms with E-state index in [1.165, 1.54) is 28.8 Å². The number of hydrogen-bond acceptors (Lipinski definition) is 3. The summed E-state index contributed by atoms with van der Waals surface area (Å²) < 4.78 is 0. The zero-order valence-corrected chi connectivity index (χ0v) is 18.9. The van der Waals surface area contributed by atoms with Gasteiger partial charge in [-0.1, -0.05) is 58.4 Å². The maximum atomic E-state index is 13.5. The van der Waals surface area contributed by atoms with Crippen molar-refractivity contribution in [3.8, 4) is 0 Å². The zero-order valence-electron chi connectivity index (χ0n) is 18.9. The van der Waals surface area contributed by atoms with Crippen molar-refractivity contribution in [2.24, 2.45) is 11.3 Å². The van der Waals surface area contributed by atoms with Gasteiger partial charge in [0.2, 0.25) is 5.91 Å². The first-order valence-corrected chi connectivity index (χ1v) is 11.3. The molecule has 0 saturated heterocycles. The number of hydrogen-bond donors (Lipinski definition) is 1. The molecule has 0 aromatic heterocycles. The molecule has 164 valence electrons. The predicted octanol–water partition coefficient (Wildman–Crippen LogP) is 6.37. The molecular weight excluding hydrogens is 388 g/mol. The van der Waals surface area contributed by atoms with E-state index in [1.807, 2.05) is 0 Å². The fourth-order valence-corrected chi connectivity index (χ4v) is 6.11. The molecule has 0 spiro atoms. The molecule has 1 N–H and O–H groups in total. The Kier molecular flexibility index (Phi) is 5.40. The van der Waals surface area contributed by atoms with E-state index in [4.69, 9.17) is 0 Å². The number of fused-ring (bicyclic) bond motifs is 3. The van der Waals surface area contributed by atoms with E-state index in [0.717, 1.165) is 32.1 Å². The molecule has 2 aromatic carbocycles. The second-order valence-corrected chi connectivity index (χ2v) is 10.1. The number of rotatable bonds is 4. The lowest BCUT2D eigenvalue weighted by Crippen LogP contribution is -2.53. The number of anilines is 1. The van der Waals surface area contributed by atoms with Gasteiger partial charge in [0.05, 0.1) is 10.3 Å². The molecule has 5 heteroatoms. The van der Waals surface area contributed by atoms with Crippen LogP contribution in [-0.4, -0.2) is 10.8 Å². The van der Waals surface area contributed by atoms with Gasteiger partial charge in [0.25, 0.3) is 5.69 Å². The molecule has 5 nitrogen and oxygen atoms in total. The van der Waals surface area contributed by atoms with Crippen LogP contribution in [0.5, 0.6) is 0 Å². The van der Waals surface area contributed by atoms with Crippen LogP contribution in [0.2, 0.25) is 0 Å². The van der Waals surface area contributed by atoms with Crippen LogP contribution in [0.25, 0.3) is 0 Å². The number of non-ortho nitro benzene ring substituents is 1. The van der Waals surface area contributed by atoms with E-state index < -0.39 is 10.3 Å². The summed E-state index contributed by atoms with van der Waals surface area (Å²) in [6.45, 7) is 8.88.